The summed E-state index contributed by atoms with van der Waals surface area (Å²) in [5.41, 5.74) is 3.15. The molecule has 12 heteroatoms. The second kappa shape index (κ2) is 8.55. The van der Waals surface area contributed by atoms with Crippen LogP contribution in [0.4, 0.5) is 17.1 Å². The van der Waals surface area contributed by atoms with Gasteiger partial charge in [-0.15, -0.1) is 0 Å². The Morgan fingerprint density at radius 3 is 2.23 bits per heavy atom. The summed E-state index contributed by atoms with van der Waals surface area (Å²) >= 11 is 0. The molecule has 1 saturated heterocycles. The first kappa shape index (κ1) is 21.3. The minimum absolute atomic E-state index is 0.0293. The molecule has 0 aromatic heterocycles. The van der Waals surface area contributed by atoms with Crippen molar-refractivity contribution in [2.24, 2.45) is 5.10 Å². The Hall–Kier alpha value is -3.38. The van der Waals surface area contributed by atoms with Gasteiger partial charge >= 0.3 is 0 Å². The van der Waals surface area contributed by atoms with Crippen LogP contribution >= 0.6 is 0 Å². The third-order valence-corrected chi connectivity index (χ3v) is 6.60. The van der Waals surface area contributed by atoms with Crippen molar-refractivity contribution < 1.29 is 18.3 Å². The first-order valence-corrected chi connectivity index (χ1v) is 10.5. The quantitative estimate of drug-likeness (QED) is 0.400. The average Bonchev–Trinajstić information content (AvgIpc) is 3.27. The summed E-state index contributed by atoms with van der Waals surface area (Å²) in [6, 6.07) is 9.31. The highest BCUT2D eigenvalue weighted by Crippen LogP contribution is 2.30. The SMILES string of the molecule is CC(=NNc1ccc(S(=O)(=O)N2CCCC2)cc1[N+](=O)[O-])c1ccc([N+](=O)[O-])cc1. The minimum atomic E-state index is -3.79. The van der Waals surface area contributed by atoms with E-state index in [1.807, 2.05) is 0 Å². The molecule has 0 unspecified atom stereocenters. The molecule has 1 aliphatic heterocycles. The number of nitrogens with one attached hydrogen (secondary N) is 1. The molecule has 1 N–H and O–H groups in total. The standard InChI is InChI=1S/C18H19N5O6S/c1-13(14-4-6-15(7-5-14)22(24)25)19-20-17-9-8-16(12-18(17)23(26)27)30(28,29)21-10-2-3-11-21/h4-9,12,20H,2-3,10-11H2,1H3. The molecule has 1 aliphatic rings. The van der Waals surface area contributed by atoms with Gasteiger partial charge in [0, 0.05) is 31.3 Å². The van der Waals surface area contributed by atoms with Crippen LogP contribution in [0.2, 0.25) is 0 Å². The van der Waals surface area contributed by atoms with Gasteiger partial charge in [-0.1, -0.05) is 0 Å². The Labute approximate surface area is 172 Å². The second-order valence-electron chi connectivity index (χ2n) is 6.66. The third-order valence-electron chi connectivity index (χ3n) is 4.71. The summed E-state index contributed by atoms with van der Waals surface area (Å²) in [6.45, 7) is 2.43. The van der Waals surface area contributed by atoms with E-state index < -0.39 is 25.6 Å². The number of nitro benzene ring substituents is 2. The van der Waals surface area contributed by atoms with Crippen molar-refractivity contribution in [2.75, 3.05) is 18.5 Å². The highest BCUT2D eigenvalue weighted by Gasteiger charge is 2.29. The summed E-state index contributed by atoms with van der Waals surface area (Å²) < 4.78 is 26.6. The maximum Gasteiger partial charge on any atom is 0.295 e. The van der Waals surface area contributed by atoms with Gasteiger partial charge in [0.2, 0.25) is 10.0 Å². The molecule has 0 atom stereocenters. The van der Waals surface area contributed by atoms with Gasteiger partial charge in [-0.25, -0.2) is 8.42 Å². The highest BCUT2D eigenvalue weighted by atomic mass is 32.2. The number of non-ortho nitro benzene ring substituents is 1. The molecule has 0 saturated carbocycles. The fourth-order valence-electron chi connectivity index (χ4n) is 3.03. The Kier molecular flexibility index (Phi) is 6.08. The molecule has 158 valence electrons. The van der Waals surface area contributed by atoms with Gasteiger partial charge < -0.3 is 0 Å². The Balaban J connectivity index is 1.86. The minimum Gasteiger partial charge on any atom is -0.271 e. The number of sulfonamides is 1. The smallest absolute Gasteiger partial charge is 0.271 e. The van der Waals surface area contributed by atoms with E-state index in [0.29, 0.717) is 24.4 Å². The molecular formula is C18H19N5O6S. The van der Waals surface area contributed by atoms with Gasteiger partial charge in [-0.05, 0) is 49.6 Å². The topological polar surface area (TPSA) is 148 Å². The van der Waals surface area contributed by atoms with Crippen molar-refractivity contribution in [1.82, 2.24) is 4.31 Å². The molecule has 0 radical (unpaired) electrons. The van der Waals surface area contributed by atoms with Crippen molar-refractivity contribution in [1.29, 1.82) is 0 Å². The summed E-state index contributed by atoms with van der Waals surface area (Å²) in [4.78, 5) is 20.9. The molecule has 0 amide bonds. The molecule has 2 aromatic rings. The van der Waals surface area contributed by atoms with E-state index >= 15 is 0 Å². The zero-order valence-electron chi connectivity index (χ0n) is 16.0. The highest BCUT2D eigenvalue weighted by molar-refractivity contribution is 7.89. The largest absolute Gasteiger partial charge is 0.295 e. The van der Waals surface area contributed by atoms with Crippen LogP contribution in [-0.2, 0) is 10.0 Å². The van der Waals surface area contributed by atoms with Crippen molar-refractivity contribution in [2.45, 2.75) is 24.7 Å². The second-order valence-corrected chi connectivity index (χ2v) is 8.60. The van der Waals surface area contributed by atoms with Crippen LogP contribution in [0.25, 0.3) is 0 Å². The number of hydrazone groups is 1. The molecule has 1 heterocycles. The number of nitrogens with zero attached hydrogens (tertiary/aromatic N) is 4. The molecule has 3 rings (SSSR count). The van der Waals surface area contributed by atoms with Gasteiger partial charge in [0.25, 0.3) is 11.4 Å². The van der Waals surface area contributed by atoms with E-state index in [-0.39, 0.29) is 16.3 Å². The van der Waals surface area contributed by atoms with Gasteiger partial charge in [0.15, 0.2) is 0 Å². The molecule has 0 spiro atoms. The number of anilines is 1. The number of benzene rings is 2. The predicted octanol–water partition coefficient (Wildman–Crippen LogP) is 3.12. The number of rotatable bonds is 7. The zero-order chi connectivity index (χ0) is 21.9. The predicted molar refractivity (Wildman–Crippen MR) is 110 cm³/mol. The van der Waals surface area contributed by atoms with Crippen LogP contribution in [0, 0.1) is 20.2 Å². The maximum absolute atomic E-state index is 12.7. The Morgan fingerprint density at radius 2 is 1.67 bits per heavy atom. The lowest BCUT2D eigenvalue weighted by Gasteiger charge is -2.15. The van der Waals surface area contributed by atoms with Crippen molar-refractivity contribution in [3.05, 3.63) is 68.3 Å². The summed E-state index contributed by atoms with van der Waals surface area (Å²) in [7, 11) is -3.79. The van der Waals surface area contributed by atoms with Crippen LogP contribution in [0.5, 0.6) is 0 Å². The molecule has 2 aromatic carbocycles. The molecule has 30 heavy (non-hydrogen) atoms. The average molecular weight is 433 g/mol. The molecular weight excluding hydrogens is 414 g/mol. The zero-order valence-corrected chi connectivity index (χ0v) is 16.8. The summed E-state index contributed by atoms with van der Waals surface area (Å²) in [5, 5.41) is 26.3. The fourth-order valence-corrected chi connectivity index (χ4v) is 4.57. The molecule has 0 aliphatic carbocycles. The van der Waals surface area contributed by atoms with Gasteiger partial charge in [-0.3, -0.25) is 25.7 Å². The number of hydrogen-bond acceptors (Lipinski definition) is 8. The van der Waals surface area contributed by atoms with Crippen LogP contribution in [0.15, 0.2) is 52.5 Å². The first-order chi connectivity index (χ1) is 14.2. The Bertz CT molecular complexity index is 1110. The molecule has 1 fully saturated rings. The van der Waals surface area contributed by atoms with E-state index in [1.54, 1.807) is 6.92 Å². The van der Waals surface area contributed by atoms with Gasteiger partial charge in [0.1, 0.15) is 5.69 Å². The third kappa shape index (κ3) is 4.44. The van der Waals surface area contributed by atoms with E-state index in [0.717, 1.165) is 18.9 Å². The van der Waals surface area contributed by atoms with Gasteiger partial charge in [0.05, 0.1) is 20.5 Å². The van der Waals surface area contributed by atoms with Crippen molar-refractivity contribution in [3.63, 3.8) is 0 Å². The number of hydrogen-bond donors (Lipinski definition) is 1. The van der Waals surface area contributed by atoms with Crippen LogP contribution in [-0.4, -0.2) is 41.4 Å². The van der Waals surface area contributed by atoms with Crippen LogP contribution in [0.1, 0.15) is 25.3 Å². The molecule has 0 bridgehead atoms. The maximum atomic E-state index is 12.7. The van der Waals surface area contributed by atoms with E-state index in [1.165, 1.54) is 40.7 Å². The summed E-state index contributed by atoms with van der Waals surface area (Å²) in [6.07, 6.45) is 1.52. The monoisotopic (exact) mass is 433 g/mol. The van der Waals surface area contributed by atoms with E-state index in [9.17, 15) is 28.6 Å². The lowest BCUT2D eigenvalue weighted by molar-refractivity contribution is -0.384. The molecule has 11 nitrogen and oxygen atoms in total. The normalized spacial score (nSPS) is 15.2. The van der Waals surface area contributed by atoms with Crippen LogP contribution < -0.4 is 5.43 Å². The van der Waals surface area contributed by atoms with Crippen molar-refractivity contribution >= 4 is 32.8 Å². The summed E-state index contributed by atoms with van der Waals surface area (Å²) in [5.74, 6) is 0. The lowest BCUT2D eigenvalue weighted by atomic mass is 10.1. The van der Waals surface area contributed by atoms with E-state index in [2.05, 4.69) is 10.5 Å². The lowest BCUT2D eigenvalue weighted by Crippen LogP contribution is -2.27. The van der Waals surface area contributed by atoms with E-state index in [4.69, 9.17) is 0 Å². The van der Waals surface area contributed by atoms with Crippen molar-refractivity contribution in [3.8, 4) is 0 Å². The Morgan fingerprint density at radius 1 is 1.03 bits per heavy atom. The fraction of sp³-hybridized carbons (Fsp3) is 0.278. The van der Waals surface area contributed by atoms with Crippen LogP contribution in [0.3, 0.4) is 0 Å². The first-order valence-electron chi connectivity index (χ1n) is 9.04. The number of nitro groups is 2. The van der Waals surface area contributed by atoms with Gasteiger partial charge in [-0.2, -0.15) is 9.41 Å².